The molecule has 0 aromatic heterocycles. The summed E-state index contributed by atoms with van der Waals surface area (Å²) in [5.41, 5.74) is 7.04. The van der Waals surface area contributed by atoms with Crippen LogP contribution < -0.4 is 5.73 Å². The quantitative estimate of drug-likeness (QED) is 0.426. The Morgan fingerprint density at radius 1 is 1.47 bits per heavy atom. The molecule has 0 aliphatic rings. The Bertz CT molecular complexity index is 325. The third-order valence-electron chi connectivity index (χ3n) is 1.87. The van der Waals surface area contributed by atoms with Gasteiger partial charge in [-0.3, -0.25) is 4.79 Å². The number of carbonyl (C=O) groups is 1. The lowest BCUT2D eigenvalue weighted by atomic mass is 10.1. The summed E-state index contributed by atoms with van der Waals surface area (Å²) in [4.78, 5) is 11.3. The fourth-order valence-corrected chi connectivity index (χ4v) is 1.17. The van der Waals surface area contributed by atoms with Gasteiger partial charge in [0.25, 0.3) is 0 Å². The van der Waals surface area contributed by atoms with Crippen LogP contribution in [0.4, 0.5) is 5.69 Å². The first-order valence-corrected chi connectivity index (χ1v) is 4.83. The van der Waals surface area contributed by atoms with Crippen molar-refractivity contribution in [1.29, 1.82) is 0 Å². The van der Waals surface area contributed by atoms with Gasteiger partial charge in [-0.15, -0.1) is 0 Å². The predicted octanol–water partition coefficient (Wildman–Crippen LogP) is 0.737. The van der Waals surface area contributed by atoms with Crippen LogP contribution in [0, 0.1) is 0 Å². The zero-order valence-electron chi connectivity index (χ0n) is 8.48. The van der Waals surface area contributed by atoms with Gasteiger partial charge in [-0.1, -0.05) is 12.1 Å². The number of esters is 1. The number of aliphatic hydroxyl groups excluding tert-OH is 1. The maximum atomic E-state index is 11.3. The Kier molecular flexibility index (Phi) is 4.63. The largest absolute Gasteiger partial charge is 0.465 e. The SMILES string of the molecule is Nc1cccc(CC(=O)OCCCO)c1. The lowest BCUT2D eigenvalue weighted by Gasteiger charge is -2.04. The van der Waals surface area contributed by atoms with E-state index in [9.17, 15) is 4.79 Å². The second-order valence-electron chi connectivity index (χ2n) is 3.22. The smallest absolute Gasteiger partial charge is 0.310 e. The molecule has 0 spiro atoms. The number of aliphatic hydroxyl groups is 1. The normalized spacial score (nSPS) is 9.93. The molecule has 0 atom stereocenters. The van der Waals surface area contributed by atoms with Gasteiger partial charge in [-0.05, 0) is 17.7 Å². The van der Waals surface area contributed by atoms with Gasteiger partial charge in [0.15, 0.2) is 0 Å². The molecule has 0 unspecified atom stereocenters. The summed E-state index contributed by atoms with van der Waals surface area (Å²) < 4.78 is 4.89. The van der Waals surface area contributed by atoms with E-state index in [4.69, 9.17) is 15.6 Å². The van der Waals surface area contributed by atoms with E-state index >= 15 is 0 Å². The minimum Gasteiger partial charge on any atom is -0.465 e. The number of nitrogen functional groups attached to an aromatic ring is 1. The molecule has 0 saturated carbocycles. The van der Waals surface area contributed by atoms with Crippen LogP contribution in [0.1, 0.15) is 12.0 Å². The topological polar surface area (TPSA) is 72.6 Å². The van der Waals surface area contributed by atoms with Gasteiger partial charge >= 0.3 is 5.97 Å². The lowest BCUT2D eigenvalue weighted by Crippen LogP contribution is -2.10. The van der Waals surface area contributed by atoms with E-state index in [0.29, 0.717) is 12.1 Å². The van der Waals surface area contributed by atoms with Crippen LogP contribution in [-0.2, 0) is 16.0 Å². The van der Waals surface area contributed by atoms with Crippen molar-refractivity contribution < 1.29 is 14.6 Å². The highest BCUT2D eigenvalue weighted by Crippen LogP contribution is 2.07. The minimum absolute atomic E-state index is 0.0333. The van der Waals surface area contributed by atoms with Gasteiger partial charge in [-0.25, -0.2) is 0 Å². The zero-order valence-corrected chi connectivity index (χ0v) is 8.48. The molecule has 4 heteroatoms. The number of anilines is 1. The highest BCUT2D eigenvalue weighted by atomic mass is 16.5. The Morgan fingerprint density at radius 2 is 2.27 bits per heavy atom. The first-order chi connectivity index (χ1) is 7.22. The van der Waals surface area contributed by atoms with Crippen molar-refractivity contribution in [3.05, 3.63) is 29.8 Å². The van der Waals surface area contributed by atoms with Gasteiger partial charge in [0.2, 0.25) is 0 Å². The van der Waals surface area contributed by atoms with E-state index in [-0.39, 0.29) is 25.6 Å². The van der Waals surface area contributed by atoms with Gasteiger partial charge in [0, 0.05) is 18.7 Å². The van der Waals surface area contributed by atoms with Crippen molar-refractivity contribution in [2.24, 2.45) is 0 Å². The van der Waals surface area contributed by atoms with Crippen molar-refractivity contribution in [3.63, 3.8) is 0 Å². The highest BCUT2D eigenvalue weighted by Gasteiger charge is 2.04. The number of benzene rings is 1. The summed E-state index contributed by atoms with van der Waals surface area (Å²) in [5, 5.41) is 8.50. The van der Waals surface area contributed by atoms with Crippen LogP contribution in [0.2, 0.25) is 0 Å². The Morgan fingerprint density at radius 3 is 2.93 bits per heavy atom. The number of hydrogen-bond acceptors (Lipinski definition) is 4. The molecular weight excluding hydrogens is 194 g/mol. The zero-order chi connectivity index (χ0) is 11.1. The van der Waals surface area contributed by atoms with Crippen LogP contribution in [0.15, 0.2) is 24.3 Å². The summed E-state index contributed by atoms with van der Waals surface area (Å²) in [6.45, 7) is 0.295. The van der Waals surface area contributed by atoms with Gasteiger partial charge < -0.3 is 15.6 Å². The monoisotopic (exact) mass is 209 g/mol. The molecule has 4 nitrogen and oxygen atoms in total. The molecule has 0 heterocycles. The molecule has 0 amide bonds. The summed E-state index contributed by atoms with van der Waals surface area (Å²) in [7, 11) is 0. The summed E-state index contributed by atoms with van der Waals surface area (Å²) in [6.07, 6.45) is 0.694. The van der Waals surface area contributed by atoms with E-state index in [1.54, 1.807) is 18.2 Å². The molecule has 1 aromatic rings. The van der Waals surface area contributed by atoms with Gasteiger partial charge in [0.05, 0.1) is 13.0 Å². The minimum atomic E-state index is -0.297. The number of carbonyl (C=O) groups excluding carboxylic acids is 1. The molecule has 3 N–H and O–H groups in total. The van der Waals surface area contributed by atoms with Crippen LogP contribution in [0.5, 0.6) is 0 Å². The van der Waals surface area contributed by atoms with Gasteiger partial charge in [0.1, 0.15) is 0 Å². The fourth-order valence-electron chi connectivity index (χ4n) is 1.17. The molecule has 1 aromatic carbocycles. The predicted molar refractivity (Wildman–Crippen MR) is 57.2 cm³/mol. The molecule has 15 heavy (non-hydrogen) atoms. The maximum absolute atomic E-state index is 11.3. The number of ether oxygens (including phenoxy) is 1. The average Bonchev–Trinajstić information content (AvgIpc) is 2.18. The second kappa shape index (κ2) is 6.03. The third kappa shape index (κ3) is 4.46. The van der Waals surface area contributed by atoms with E-state index in [1.807, 2.05) is 6.07 Å². The molecule has 1 rings (SSSR count). The number of nitrogens with two attached hydrogens (primary N) is 1. The Labute approximate surface area is 88.7 Å². The molecule has 82 valence electrons. The van der Waals surface area contributed by atoms with Crippen LogP contribution in [-0.4, -0.2) is 24.3 Å². The lowest BCUT2D eigenvalue weighted by molar-refractivity contribution is -0.143. The summed E-state index contributed by atoms with van der Waals surface area (Å²) >= 11 is 0. The molecule has 0 saturated heterocycles. The molecule has 0 fully saturated rings. The fraction of sp³-hybridized carbons (Fsp3) is 0.364. The summed E-state index contributed by atoms with van der Waals surface area (Å²) in [5.74, 6) is -0.297. The second-order valence-corrected chi connectivity index (χ2v) is 3.22. The van der Waals surface area contributed by atoms with E-state index in [2.05, 4.69) is 0 Å². The van der Waals surface area contributed by atoms with Crippen LogP contribution >= 0.6 is 0 Å². The Hall–Kier alpha value is -1.55. The third-order valence-corrected chi connectivity index (χ3v) is 1.87. The maximum Gasteiger partial charge on any atom is 0.310 e. The van der Waals surface area contributed by atoms with Crippen molar-refractivity contribution >= 4 is 11.7 Å². The first-order valence-electron chi connectivity index (χ1n) is 4.83. The number of hydrogen-bond donors (Lipinski definition) is 2. The van der Waals surface area contributed by atoms with E-state index < -0.39 is 0 Å². The van der Waals surface area contributed by atoms with E-state index in [0.717, 1.165) is 5.56 Å². The van der Waals surface area contributed by atoms with E-state index in [1.165, 1.54) is 0 Å². The molecule has 0 aliphatic carbocycles. The first kappa shape index (κ1) is 11.5. The van der Waals surface area contributed by atoms with Crippen molar-refractivity contribution in [1.82, 2.24) is 0 Å². The van der Waals surface area contributed by atoms with Crippen LogP contribution in [0.25, 0.3) is 0 Å². The van der Waals surface area contributed by atoms with Crippen molar-refractivity contribution in [3.8, 4) is 0 Å². The molecule has 0 radical (unpaired) electrons. The Balaban J connectivity index is 2.37. The summed E-state index contributed by atoms with van der Waals surface area (Å²) in [6, 6.07) is 7.13. The average molecular weight is 209 g/mol. The van der Waals surface area contributed by atoms with Crippen molar-refractivity contribution in [2.45, 2.75) is 12.8 Å². The molecular formula is C11H15NO3. The number of rotatable bonds is 5. The molecule has 0 aliphatic heterocycles. The molecule has 0 bridgehead atoms. The van der Waals surface area contributed by atoms with Gasteiger partial charge in [-0.2, -0.15) is 0 Å². The standard InChI is InChI=1S/C11H15NO3/c12-10-4-1-3-9(7-10)8-11(14)15-6-2-5-13/h1,3-4,7,13H,2,5-6,8,12H2. The highest BCUT2D eigenvalue weighted by molar-refractivity contribution is 5.72. The van der Waals surface area contributed by atoms with Crippen LogP contribution in [0.3, 0.4) is 0 Å². The van der Waals surface area contributed by atoms with Crippen molar-refractivity contribution in [2.75, 3.05) is 18.9 Å².